The van der Waals surface area contributed by atoms with Gasteiger partial charge in [0.15, 0.2) is 0 Å². The molecule has 0 aliphatic heterocycles. The second-order valence-corrected chi connectivity index (χ2v) is 4.48. The number of hydrogen-bond donors (Lipinski definition) is 1. The Morgan fingerprint density at radius 1 is 1.18 bits per heavy atom. The molecule has 2 heteroatoms. The van der Waals surface area contributed by atoms with Crippen molar-refractivity contribution in [2.45, 2.75) is 52.1 Å². The molecule has 1 aromatic carbocycles. The van der Waals surface area contributed by atoms with Crippen LogP contribution in [0.1, 0.15) is 45.1 Å². The molecular formula is C15H25NO. The minimum Gasteiger partial charge on any atom is -0.497 e. The molecule has 0 bridgehead atoms. The van der Waals surface area contributed by atoms with E-state index in [0.29, 0.717) is 6.04 Å². The van der Waals surface area contributed by atoms with Crippen molar-refractivity contribution < 1.29 is 4.74 Å². The van der Waals surface area contributed by atoms with Gasteiger partial charge in [0.25, 0.3) is 0 Å². The number of ether oxygens (including phenoxy) is 1. The molecule has 0 aliphatic carbocycles. The van der Waals surface area contributed by atoms with Crippen molar-refractivity contribution >= 4 is 0 Å². The van der Waals surface area contributed by atoms with E-state index in [-0.39, 0.29) is 0 Å². The van der Waals surface area contributed by atoms with Gasteiger partial charge in [-0.2, -0.15) is 0 Å². The predicted octanol–water partition coefficient (Wildman–Crippen LogP) is 3.75. The molecular weight excluding hydrogens is 210 g/mol. The highest BCUT2D eigenvalue weighted by Crippen LogP contribution is 2.12. The molecule has 1 aromatic rings. The lowest BCUT2D eigenvalue weighted by molar-refractivity contribution is 0.414. The molecule has 0 amide bonds. The van der Waals surface area contributed by atoms with E-state index < -0.39 is 0 Å². The van der Waals surface area contributed by atoms with Crippen LogP contribution in [0.3, 0.4) is 0 Å². The van der Waals surface area contributed by atoms with Crippen LogP contribution in [0.5, 0.6) is 5.75 Å². The average Bonchev–Trinajstić information content (AvgIpc) is 2.39. The van der Waals surface area contributed by atoms with E-state index in [1.54, 1.807) is 7.11 Å². The maximum Gasteiger partial charge on any atom is 0.118 e. The number of methoxy groups -OCH3 is 1. The van der Waals surface area contributed by atoms with E-state index in [9.17, 15) is 0 Å². The molecule has 0 spiro atoms. The van der Waals surface area contributed by atoms with Gasteiger partial charge >= 0.3 is 0 Å². The number of benzene rings is 1. The standard InChI is InChI=1S/C15H25NO/c1-4-6-7-14(5-2)16-12-13-8-10-15(17-3)11-9-13/h8-11,14,16H,4-7,12H2,1-3H3. The van der Waals surface area contributed by atoms with Crippen LogP contribution in [-0.2, 0) is 6.54 Å². The Hall–Kier alpha value is -1.02. The zero-order valence-electron chi connectivity index (χ0n) is 11.3. The highest BCUT2D eigenvalue weighted by atomic mass is 16.5. The quantitative estimate of drug-likeness (QED) is 0.741. The molecule has 0 aromatic heterocycles. The summed E-state index contributed by atoms with van der Waals surface area (Å²) in [6.45, 7) is 5.45. The Morgan fingerprint density at radius 3 is 2.41 bits per heavy atom. The van der Waals surface area contributed by atoms with Crippen molar-refractivity contribution in [2.24, 2.45) is 0 Å². The Morgan fingerprint density at radius 2 is 1.88 bits per heavy atom. The first kappa shape index (κ1) is 14.0. The normalized spacial score (nSPS) is 12.4. The summed E-state index contributed by atoms with van der Waals surface area (Å²) in [5.74, 6) is 0.923. The molecule has 96 valence electrons. The fourth-order valence-electron chi connectivity index (χ4n) is 1.91. The fraction of sp³-hybridized carbons (Fsp3) is 0.600. The molecule has 0 saturated heterocycles. The van der Waals surface area contributed by atoms with Crippen LogP contribution in [0, 0.1) is 0 Å². The minimum absolute atomic E-state index is 0.650. The SMILES string of the molecule is CCCCC(CC)NCc1ccc(OC)cc1. The molecule has 0 radical (unpaired) electrons. The van der Waals surface area contributed by atoms with Crippen molar-refractivity contribution in [1.29, 1.82) is 0 Å². The van der Waals surface area contributed by atoms with Crippen molar-refractivity contribution in [2.75, 3.05) is 7.11 Å². The third kappa shape index (κ3) is 5.22. The molecule has 2 nitrogen and oxygen atoms in total. The Labute approximate surface area is 105 Å². The van der Waals surface area contributed by atoms with Crippen molar-refractivity contribution in [3.8, 4) is 5.75 Å². The summed E-state index contributed by atoms with van der Waals surface area (Å²) in [6, 6.07) is 8.93. The van der Waals surface area contributed by atoms with Crippen LogP contribution in [0.2, 0.25) is 0 Å². The summed E-state index contributed by atoms with van der Waals surface area (Å²) in [4.78, 5) is 0. The lowest BCUT2D eigenvalue weighted by Crippen LogP contribution is -2.27. The van der Waals surface area contributed by atoms with Crippen molar-refractivity contribution in [3.05, 3.63) is 29.8 Å². The molecule has 1 unspecified atom stereocenters. The largest absolute Gasteiger partial charge is 0.497 e. The first-order valence-corrected chi connectivity index (χ1v) is 6.66. The molecule has 0 aliphatic rings. The van der Waals surface area contributed by atoms with E-state index >= 15 is 0 Å². The maximum atomic E-state index is 5.15. The van der Waals surface area contributed by atoms with Crippen molar-refractivity contribution in [1.82, 2.24) is 5.32 Å². The number of rotatable bonds is 8. The lowest BCUT2D eigenvalue weighted by atomic mass is 10.1. The summed E-state index contributed by atoms with van der Waals surface area (Å²) in [5, 5.41) is 3.62. The summed E-state index contributed by atoms with van der Waals surface area (Å²) in [5.41, 5.74) is 1.32. The molecule has 0 heterocycles. The number of unbranched alkanes of at least 4 members (excludes halogenated alkanes) is 1. The summed E-state index contributed by atoms with van der Waals surface area (Å²) in [6.07, 6.45) is 5.08. The fourth-order valence-corrected chi connectivity index (χ4v) is 1.91. The van der Waals surface area contributed by atoms with E-state index in [0.717, 1.165) is 12.3 Å². The van der Waals surface area contributed by atoms with E-state index in [1.807, 2.05) is 12.1 Å². The van der Waals surface area contributed by atoms with Gasteiger partial charge in [-0.25, -0.2) is 0 Å². The van der Waals surface area contributed by atoms with Gasteiger partial charge in [-0.15, -0.1) is 0 Å². The van der Waals surface area contributed by atoms with Gasteiger partial charge in [0.1, 0.15) is 5.75 Å². The highest BCUT2D eigenvalue weighted by Gasteiger charge is 2.04. The first-order valence-electron chi connectivity index (χ1n) is 6.66. The van der Waals surface area contributed by atoms with Gasteiger partial charge in [-0.3, -0.25) is 0 Å². The van der Waals surface area contributed by atoms with Gasteiger partial charge in [-0.05, 0) is 30.5 Å². The summed E-state index contributed by atoms with van der Waals surface area (Å²) in [7, 11) is 1.70. The van der Waals surface area contributed by atoms with Crippen molar-refractivity contribution in [3.63, 3.8) is 0 Å². The molecule has 17 heavy (non-hydrogen) atoms. The predicted molar refractivity (Wildman–Crippen MR) is 73.4 cm³/mol. The molecule has 1 atom stereocenters. The minimum atomic E-state index is 0.650. The second-order valence-electron chi connectivity index (χ2n) is 4.48. The van der Waals surface area contributed by atoms with Gasteiger partial charge in [0.05, 0.1) is 7.11 Å². The topological polar surface area (TPSA) is 21.3 Å². The smallest absolute Gasteiger partial charge is 0.118 e. The van der Waals surface area contributed by atoms with E-state index in [4.69, 9.17) is 4.74 Å². The Kier molecular flexibility index (Phi) is 6.71. The van der Waals surface area contributed by atoms with Gasteiger partial charge < -0.3 is 10.1 Å². The first-order chi connectivity index (χ1) is 8.30. The monoisotopic (exact) mass is 235 g/mol. The van der Waals surface area contributed by atoms with Crippen LogP contribution < -0.4 is 10.1 Å². The second kappa shape index (κ2) is 8.13. The average molecular weight is 235 g/mol. The van der Waals surface area contributed by atoms with Crippen LogP contribution in [0.15, 0.2) is 24.3 Å². The van der Waals surface area contributed by atoms with Gasteiger partial charge in [0.2, 0.25) is 0 Å². The van der Waals surface area contributed by atoms with Crippen LogP contribution in [0.25, 0.3) is 0 Å². The number of hydrogen-bond acceptors (Lipinski definition) is 2. The molecule has 1 rings (SSSR count). The molecule has 0 saturated carbocycles. The lowest BCUT2D eigenvalue weighted by Gasteiger charge is -2.16. The van der Waals surface area contributed by atoms with Gasteiger partial charge in [-0.1, -0.05) is 38.8 Å². The maximum absolute atomic E-state index is 5.15. The summed E-state index contributed by atoms with van der Waals surface area (Å²) >= 11 is 0. The zero-order chi connectivity index (χ0) is 12.5. The Bertz CT molecular complexity index is 294. The Balaban J connectivity index is 2.36. The third-order valence-corrected chi connectivity index (χ3v) is 3.15. The molecule has 0 fully saturated rings. The number of nitrogens with one attached hydrogen (secondary N) is 1. The van der Waals surface area contributed by atoms with Crippen LogP contribution in [-0.4, -0.2) is 13.2 Å². The van der Waals surface area contributed by atoms with E-state index in [1.165, 1.54) is 31.2 Å². The zero-order valence-corrected chi connectivity index (χ0v) is 11.3. The summed E-state index contributed by atoms with van der Waals surface area (Å²) < 4.78 is 5.15. The van der Waals surface area contributed by atoms with Crippen LogP contribution >= 0.6 is 0 Å². The van der Waals surface area contributed by atoms with Gasteiger partial charge in [0, 0.05) is 12.6 Å². The van der Waals surface area contributed by atoms with E-state index in [2.05, 4.69) is 31.3 Å². The highest BCUT2D eigenvalue weighted by molar-refractivity contribution is 5.27. The third-order valence-electron chi connectivity index (χ3n) is 3.15. The van der Waals surface area contributed by atoms with Crippen LogP contribution in [0.4, 0.5) is 0 Å². The molecule has 1 N–H and O–H groups in total.